The standard InChI is InChI=1S/C26H22N4O3/c27-17-22-26(33-25(29-22)23-11-6-16-32-23)30-14-12-19(13-15-30)24(31)28-21-10-5-4-9-20(21)18-7-2-1-3-8-18/h1-11,16,19H,12-15H2,(H,28,31). The number of oxazole rings is 1. The zero-order chi connectivity index (χ0) is 22.6. The molecule has 0 aliphatic carbocycles. The summed E-state index contributed by atoms with van der Waals surface area (Å²) in [4.78, 5) is 19.3. The number of anilines is 2. The van der Waals surface area contributed by atoms with E-state index in [1.807, 2.05) is 59.5 Å². The Bertz CT molecular complexity index is 1280. The summed E-state index contributed by atoms with van der Waals surface area (Å²) in [5, 5.41) is 12.6. The molecular weight excluding hydrogens is 416 g/mol. The van der Waals surface area contributed by atoms with Crippen molar-refractivity contribution in [2.24, 2.45) is 5.92 Å². The van der Waals surface area contributed by atoms with Crippen LogP contribution in [0.15, 0.2) is 81.8 Å². The van der Waals surface area contributed by atoms with Gasteiger partial charge in [-0.15, -0.1) is 0 Å². The molecule has 0 spiro atoms. The monoisotopic (exact) mass is 438 g/mol. The highest BCUT2D eigenvalue weighted by Gasteiger charge is 2.29. The first-order valence-corrected chi connectivity index (χ1v) is 10.9. The van der Waals surface area contributed by atoms with Gasteiger partial charge in [-0.05, 0) is 36.6 Å². The van der Waals surface area contributed by atoms with Crippen LogP contribution in [0.25, 0.3) is 22.8 Å². The van der Waals surface area contributed by atoms with Crippen molar-refractivity contribution in [2.75, 3.05) is 23.3 Å². The third kappa shape index (κ3) is 4.23. The van der Waals surface area contributed by atoms with Crippen molar-refractivity contribution < 1.29 is 13.6 Å². The van der Waals surface area contributed by atoms with Gasteiger partial charge in [-0.2, -0.15) is 10.2 Å². The molecule has 1 N–H and O–H groups in total. The van der Waals surface area contributed by atoms with E-state index in [0.717, 1.165) is 16.8 Å². The van der Waals surface area contributed by atoms with E-state index >= 15 is 0 Å². The number of rotatable bonds is 5. The number of amides is 1. The predicted molar refractivity (Wildman–Crippen MR) is 124 cm³/mol. The van der Waals surface area contributed by atoms with Crippen LogP contribution in [0.3, 0.4) is 0 Å². The molecule has 3 heterocycles. The van der Waals surface area contributed by atoms with Crippen molar-refractivity contribution in [3.63, 3.8) is 0 Å². The zero-order valence-electron chi connectivity index (χ0n) is 17.9. The van der Waals surface area contributed by atoms with Crippen LogP contribution < -0.4 is 10.2 Å². The number of para-hydroxylation sites is 1. The summed E-state index contributed by atoms with van der Waals surface area (Å²) < 4.78 is 11.2. The molecule has 2 aromatic carbocycles. The molecule has 0 bridgehead atoms. The summed E-state index contributed by atoms with van der Waals surface area (Å²) in [5.41, 5.74) is 3.09. The van der Waals surface area contributed by atoms with E-state index in [4.69, 9.17) is 8.83 Å². The average molecular weight is 438 g/mol. The first kappa shape index (κ1) is 20.6. The predicted octanol–water partition coefficient (Wildman–Crippen LogP) is 5.33. The smallest absolute Gasteiger partial charge is 0.266 e. The third-order valence-electron chi connectivity index (χ3n) is 5.87. The van der Waals surface area contributed by atoms with Gasteiger partial charge in [0.2, 0.25) is 17.5 Å². The van der Waals surface area contributed by atoms with Gasteiger partial charge in [-0.1, -0.05) is 48.5 Å². The largest absolute Gasteiger partial charge is 0.459 e. The molecule has 0 saturated carbocycles. The Morgan fingerprint density at radius 3 is 2.52 bits per heavy atom. The molecule has 0 unspecified atom stereocenters. The molecule has 7 heteroatoms. The molecule has 1 fully saturated rings. The third-order valence-corrected chi connectivity index (χ3v) is 5.87. The molecule has 5 rings (SSSR count). The number of carbonyl (C=O) groups is 1. The van der Waals surface area contributed by atoms with Crippen LogP contribution in [0, 0.1) is 17.2 Å². The number of nitriles is 1. The summed E-state index contributed by atoms with van der Waals surface area (Å²) >= 11 is 0. The molecule has 1 aliphatic heterocycles. The van der Waals surface area contributed by atoms with Crippen LogP contribution in [-0.4, -0.2) is 24.0 Å². The molecule has 7 nitrogen and oxygen atoms in total. The SMILES string of the molecule is N#Cc1nc(-c2ccco2)oc1N1CCC(C(=O)Nc2ccccc2-c2ccccc2)CC1. The van der Waals surface area contributed by atoms with Gasteiger partial charge in [0.15, 0.2) is 5.76 Å². The van der Waals surface area contributed by atoms with E-state index < -0.39 is 0 Å². The van der Waals surface area contributed by atoms with Gasteiger partial charge in [-0.3, -0.25) is 4.79 Å². The molecular formula is C26H22N4O3. The summed E-state index contributed by atoms with van der Waals surface area (Å²) in [6, 6.07) is 23.4. The number of nitrogens with zero attached hydrogens (tertiary/aromatic N) is 3. The first-order chi connectivity index (χ1) is 16.2. The van der Waals surface area contributed by atoms with E-state index in [9.17, 15) is 10.1 Å². The zero-order valence-corrected chi connectivity index (χ0v) is 17.9. The van der Waals surface area contributed by atoms with Crippen LogP contribution >= 0.6 is 0 Å². The van der Waals surface area contributed by atoms with Gasteiger partial charge < -0.3 is 19.1 Å². The van der Waals surface area contributed by atoms with Crippen molar-refractivity contribution in [3.8, 4) is 28.8 Å². The van der Waals surface area contributed by atoms with Gasteiger partial charge in [-0.25, -0.2) is 0 Å². The van der Waals surface area contributed by atoms with Crippen molar-refractivity contribution in [1.82, 2.24) is 4.98 Å². The summed E-state index contributed by atoms with van der Waals surface area (Å²) in [6.07, 6.45) is 2.84. The normalized spacial score (nSPS) is 14.1. The Morgan fingerprint density at radius 1 is 1.03 bits per heavy atom. The van der Waals surface area contributed by atoms with Gasteiger partial charge >= 0.3 is 0 Å². The lowest BCUT2D eigenvalue weighted by molar-refractivity contribution is -0.120. The van der Waals surface area contributed by atoms with Gasteiger partial charge in [0, 0.05) is 30.3 Å². The molecule has 0 atom stereocenters. The molecule has 2 aromatic heterocycles. The van der Waals surface area contributed by atoms with Crippen molar-refractivity contribution in [2.45, 2.75) is 12.8 Å². The van der Waals surface area contributed by atoms with Gasteiger partial charge in [0.25, 0.3) is 5.89 Å². The van der Waals surface area contributed by atoms with Crippen molar-refractivity contribution >= 4 is 17.5 Å². The average Bonchev–Trinajstić information content (AvgIpc) is 3.55. The van der Waals surface area contributed by atoms with E-state index in [1.165, 1.54) is 6.26 Å². The minimum absolute atomic E-state index is 0.00684. The van der Waals surface area contributed by atoms with Crippen LogP contribution in [0.1, 0.15) is 18.5 Å². The summed E-state index contributed by atoms with van der Waals surface area (Å²) in [7, 11) is 0. The Kier molecular flexibility index (Phi) is 5.64. The molecule has 1 amide bonds. The second kappa shape index (κ2) is 9.05. The maximum absolute atomic E-state index is 13.0. The highest BCUT2D eigenvalue weighted by atomic mass is 16.4. The molecule has 1 saturated heterocycles. The second-order valence-electron chi connectivity index (χ2n) is 7.92. The maximum atomic E-state index is 13.0. The van der Waals surface area contributed by atoms with Crippen LogP contribution in [0.4, 0.5) is 11.6 Å². The van der Waals surface area contributed by atoms with Crippen LogP contribution in [-0.2, 0) is 4.79 Å². The van der Waals surface area contributed by atoms with E-state index in [-0.39, 0.29) is 23.4 Å². The summed E-state index contributed by atoms with van der Waals surface area (Å²) in [6.45, 7) is 1.19. The number of furan rings is 1. The lowest BCUT2D eigenvalue weighted by atomic mass is 9.95. The number of hydrogen-bond donors (Lipinski definition) is 1. The lowest BCUT2D eigenvalue weighted by Crippen LogP contribution is -2.38. The lowest BCUT2D eigenvalue weighted by Gasteiger charge is -2.31. The second-order valence-corrected chi connectivity index (χ2v) is 7.92. The number of nitrogens with one attached hydrogen (secondary N) is 1. The summed E-state index contributed by atoms with van der Waals surface area (Å²) in [5.74, 6) is 1.07. The molecule has 1 aliphatic rings. The number of carbonyl (C=O) groups excluding carboxylic acids is 1. The molecule has 164 valence electrons. The number of benzene rings is 2. The molecule has 4 aromatic rings. The topological polar surface area (TPSA) is 95.3 Å². The maximum Gasteiger partial charge on any atom is 0.266 e. The quantitative estimate of drug-likeness (QED) is 0.453. The van der Waals surface area contributed by atoms with E-state index in [0.29, 0.717) is 37.6 Å². The van der Waals surface area contributed by atoms with Crippen molar-refractivity contribution in [3.05, 3.63) is 78.7 Å². The first-order valence-electron chi connectivity index (χ1n) is 10.9. The van der Waals surface area contributed by atoms with Gasteiger partial charge in [0.05, 0.1) is 6.26 Å². The Labute approximate surface area is 191 Å². The number of piperidine rings is 1. The number of aromatic nitrogens is 1. The Hall–Kier alpha value is -4.31. The molecule has 0 radical (unpaired) electrons. The highest BCUT2D eigenvalue weighted by molar-refractivity contribution is 5.96. The van der Waals surface area contributed by atoms with Gasteiger partial charge in [0.1, 0.15) is 6.07 Å². The fraction of sp³-hybridized carbons (Fsp3) is 0.192. The molecule has 33 heavy (non-hydrogen) atoms. The minimum atomic E-state index is -0.122. The fourth-order valence-corrected chi connectivity index (χ4v) is 4.15. The van der Waals surface area contributed by atoms with E-state index in [1.54, 1.807) is 12.1 Å². The number of hydrogen-bond acceptors (Lipinski definition) is 6. The fourth-order valence-electron chi connectivity index (χ4n) is 4.15. The highest BCUT2D eigenvalue weighted by Crippen LogP contribution is 2.32. The Balaban J connectivity index is 1.26. The van der Waals surface area contributed by atoms with Crippen LogP contribution in [0.5, 0.6) is 0 Å². The minimum Gasteiger partial charge on any atom is -0.459 e. The van der Waals surface area contributed by atoms with Crippen molar-refractivity contribution in [1.29, 1.82) is 5.26 Å². The van der Waals surface area contributed by atoms with Crippen LogP contribution in [0.2, 0.25) is 0 Å². The van der Waals surface area contributed by atoms with E-state index in [2.05, 4.69) is 16.4 Å². The Morgan fingerprint density at radius 2 is 1.79 bits per heavy atom.